The van der Waals surface area contributed by atoms with Crippen LogP contribution in [0.5, 0.6) is 11.5 Å². The van der Waals surface area contributed by atoms with Crippen LogP contribution in [0.15, 0.2) is 46.9 Å². The Morgan fingerprint density at radius 3 is 2.37 bits per heavy atom. The fraction of sp³-hybridized carbons (Fsp3) is 0.143. The molecule has 5 heteroatoms. The van der Waals surface area contributed by atoms with Gasteiger partial charge in [-0.15, -0.1) is 0 Å². The van der Waals surface area contributed by atoms with Crippen LogP contribution in [0.1, 0.15) is 0 Å². The zero-order valence-electron chi connectivity index (χ0n) is 9.91. The average Bonchev–Trinajstić information content (AvgIpc) is 2.39. The molecule has 0 amide bonds. The van der Waals surface area contributed by atoms with Crippen LogP contribution >= 0.6 is 27.5 Å². The van der Waals surface area contributed by atoms with E-state index in [0.29, 0.717) is 6.61 Å². The summed E-state index contributed by atoms with van der Waals surface area (Å²) in [5.74, 6) is 0.311. The summed E-state index contributed by atoms with van der Waals surface area (Å²) >= 11 is 9.17. The quantitative estimate of drug-likeness (QED) is 0.731. The van der Waals surface area contributed by atoms with Crippen molar-refractivity contribution in [3.8, 4) is 11.5 Å². The Bertz CT molecular complexity index is 525. The van der Waals surface area contributed by atoms with Crippen molar-refractivity contribution < 1.29 is 13.9 Å². The lowest BCUT2D eigenvalue weighted by Gasteiger charge is -2.10. The molecular formula is C14H11BrClFO2. The van der Waals surface area contributed by atoms with Gasteiger partial charge in [-0.2, -0.15) is 0 Å². The number of hydrogen-bond donors (Lipinski definition) is 0. The number of benzene rings is 2. The van der Waals surface area contributed by atoms with E-state index < -0.39 is 5.82 Å². The Morgan fingerprint density at radius 2 is 1.68 bits per heavy atom. The summed E-state index contributed by atoms with van der Waals surface area (Å²) in [6, 6.07) is 11.8. The molecule has 0 aromatic heterocycles. The molecule has 0 bridgehead atoms. The molecule has 0 radical (unpaired) electrons. The Hall–Kier alpha value is -1.26. The minimum atomic E-state index is -0.476. The van der Waals surface area contributed by atoms with Crippen molar-refractivity contribution in [1.82, 2.24) is 0 Å². The molecule has 100 valence electrons. The third-order valence-corrected chi connectivity index (χ3v) is 3.16. The predicted molar refractivity (Wildman–Crippen MR) is 76.5 cm³/mol. The molecule has 2 rings (SSSR count). The first-order valence-corrected chi connectivity index (χ1v) is 6.79. The molecule has 2 aromatic rings. The molecule has 0 fully saturated rings. The molecule has 0 aliphatic carbocycles. The van der Waals surface area contributed by atoms with Gasteiger partial charge < -0.3 is 9.47 Å². The Kier molecular flexibility index (Phi) is 5.05. The van der Waals surface area contributed by atoms with Gasteiger partial charge in [0, 0.05) is 4.47 Å². The molecule has 0 aliphatic heterocycles. The molecular weight excluding hydrogens is 335 g/mol. The largest absolute Gasteiger partial charge is 0.490 e. The third kappa shape index (κ3) is 4.11. The summed E-state index contributed by atoms with van der Waals surface area (Å²) in [5, 5.41) is 0.253. The topological polar surface area (TPSA) is 18.5 Å². The highest BCUT2D eigenvalue weighted by Gasteiger charge is 2.07. The second-order valence-corrected chi connectivity index (χ2v) is 5.02. The highest BCUT2D eigenvalue weighted by Crippen LogP contribution is 2.27. The lowest BCUT2D eigenvalue weighted by Crippen LogP contribution is -2.10. The standard InChI is InChI=1S/C14H11BrClFO2/c15-10-4-6-11(7-5-10)18-8-9-19-14-12(16)2-1-3-13(14)17/h1-7H,8-9H2. The minimum Gasteiger partial charge on any atom is -0.490 e. The Labute approximate surface area is 124 Å². The van der Waals surface area contributed by atoms with Gasteiger partial charge >= 0.3 is 0 Å². The van der Waals surface area contributed by atoms with Gasteiger partial charge in [0.05, 0.1) is 5.02 Å². The van der Waals surface area contributed by atoms with Crippen LogP contribution < -0.4 is 9.47 Å². The first kappa shape index (κ1) is 14.2. The van der Waals surface area contributed by atoms with Gasteiger partial charge in [-0.25, -0.2) is 4.39 Å². The second-order valence-electron chi connectivity index (χ2n) is 3.70. The summed E-state index contributed by atoms with van der Waals surface area (Å²) in [6.07, 6.45) is 0. The molecule has 0 N–H and O–H groups in total. The number of hydrogen-bond acceptors (Lipinski definition) is 2. The molecule has 0 spiro atoms. The van der Waals surface area contributed by atoms with Gasteiger partial charge in [0.2, 0.25) is 0 Å². The van der Waals surface area contributed by atoms with E-state index in [-0.39, 0.29) is 17.4 Å². The third-order valence-electron chi connectivity index (χ3n) is 2.33. The SMILES string of the molecule is Fc1cccc(Cl)c1OCCOc1ccc(Br)cc1. The van der Waals surface area contributed by atoms with Gasteiger partial charge in [-0.1, -0.05) is 33.6 Å². The van der Waals surface area contributed by atoms with Crippen LogP contribution in [-0.2, 0) is 0 Å². The summed E-state index contributed by atoms with van der Waals surface area (Å²) < 4.78 is 25.1. The van der Waals surface area contributed by atoms with Crippen molar-refractivity contribution in [2.75, 3.05) is 13.2 Å². The average molecular weight is 346 g/mol. The molecule has 0 unspecified atom stereocenters. The monoisotopic (exact) mass is 344 g/mol. The van der Waals surface area contributed by atoms with Gasteiger partial charge in [0.1, 0.15) is 19.0 Å². The van der Waals surface area contributed by atoms with Gasteiger partial charge in [-0.05, 0) is 36.4 Å². The molecule has 0 atom stereocenters. The van der Waals surface area contributed by atoms with Crippen molar-refractivity contribution in [2.24, 2.45) is 0 Å². The van der Waals surface area contributed by atoms with Crippen LogP contribution in [-0.4, -0.2) is 13.2 Å². The summed E-state index contributed by atoms with van der Waals surface area (Å²) in [4.78, 5) is 0. The van der Waals surface area contributed by atoms with Crippen molar-refractivity contribution in [1.29, 1.82) is 0 Å². The van der Waals surface area contributed by atoms with Gasteiger partial charge in [0.25, 0.3) is 0 Å². The van der Waals surface area contributed by atoms with Crippen LogP contribution in [0.2, 0.25) is 5.02 Å². The van der Waals surface area contributed by atoms with Crippen LogP contribution in [0, 0.1) is 5.82 Å². The molecule has 0 saturated carbocycles. The van der Waals surface area contributed by atoms with Crippen LogP contribution in [0.3, 0.4) is 0 Å². The summed E-state index contributed by atoms with van der Waals surface area (Å²) in [6.45, 7) is 0.531. The normalized spacial score (nSPS) is 10.3. The van der Waals surface area contributed by atoms with Crippen molar-refractivity contribution in [3.63, 3.8) is 0 Å². The maximum atomic E-state index is 13.4. The predicted octanol–water partition coefficient (Wildman–Crippen LogP) is 4.70. The fourth-order valence-electron chi connectivity index (χ4n) is 1.45. The van der Waals surface area contributed by atoms with E-state index in [9.17, 15) is 4.39 Å². The zero-order chi connectivity index (χ0) is 13.7. The van der Waals surface area contributed by atoms with Crippen molar-refractivity contribution in [3.05, 3.63) is 57.8 Å². The van der Waals surface area contributed by atoms with E-state index in [4.69, 9.17) is 21.1 Å². The zero-order valence-corrected chi connectivity index (χ0v) is 12.2. The highest BCUT2D eigenvalue weighted by atomic mass is 79.9. The van der Waals surface area contributed by atoms with Crippen LogP contribution in [0.25, 0.3) is 0 Å². The number of halogens is 3. The maximum Gasteiger partial charge on any atom is 0.173 e. The molecule has 2 aromatic carbocycles. The lowest BCUT2D eigenvalue weighted by molar-refractivity contribution is 0.211. The highest BCUT2D eigenvalue weighted by molar-refractivity contribution is 9.10. The smallest absolute Gasteiger partial charge is 0.173 e. The molecule has 19 heavy (non-hydrogen) atoms. The molecule has 2 nitrogen and oxygen atoms in total. The van der Waals surface area contributed by atoms with E-state index in [1.165, 1.54) is 12.1 Å². The van der Waals surface area contributed by atoms with E-state index >= 15 is 0 Å². The van der Waals surface area contributed by atoms with E-state index in [1.807, 2.05) is 24.3 Å². The maximum absolute atomic E-state index is 13.4. The minimum absolute atomic E-state index is 0.0589. The number of rotatable bonds is 5. The first-order chi connectivity index (χ1) is 9.16. The van der Waals surface area contributed by atoms with Crippen molar-refractivity contribution >= 4 is 27.5 Å². The van der Waals surface area contributed by atoms with Gasteiger partial charge in [-0.3, -0.25) is 0 Å². The summed E-state index contributed by atoms with van der Waals surface area (Å²) in [7, 11) is 0. The van der Waals surface area contributed by atoms with Crippen molar-refractivity contribution in [2.45, 2.75) is 0 Å². The molecule has 0 heterocycles. The number of ether oxygens (including phenoxy) is 2. The van der Waals surface area contributed by atoms with Crippen LogP contribution in [0.4, 0.5) is 4.39 Å². The molecule has 0 saturated heterocycles. The second kappa shape index (κ2) is 6.78. The van der Waals surface area contributed by atoms with E-state index in [1.54, 1.807) is 6.07 Å². The Balaban J connectivity index is 1.82. The van der Waals surface area contributed by atoms with Gasteiger partial charge in [0.15, 0.2) is 11.6 Å². The Morgan fingerprint density at radius 1 is 1.00 bits per heavy atom. The summed E-state index contributed by atoms with van der Waals surface area (Å²) in [5.41, 5.74) is 0. The lowest BCUT2D eigenvalue weighted by atomic mass is 10.3. The van der Waals surface area contributed by atoms with E-state index in [0.717, 1.165) is 10.2 Å². The molecule has 0 aliphatic rings. The first-order valence-electron chi connectivity index (χ1n) is 5.62. The van der Waals surface area contributed by atoms with E-state index in [2.05, 4.69) is 15.9 Å². The number of para-hydroxylation sites is 1. The fourth-order valence-corrected chi connectivity index (χ4v) is 1.94.